The second-order valence-electron chi connectivity index (χ2n) is 5.26. The minimum absolute atomic E-state index is 0.0641. The van der Waals surface area contributed by atoms with E-state index in [0.29, 0.717) is 11.3 Å². The Morgan fingerprint density at radius 1 is 1.04 bits per heavy atom. The predicted molar refractivity (Wildman–Crippen MR) is 100 cm³/mol. The van der Waals surface area contributed by atoms with Crippen molar-refractivity contribution in [2.45, 2.75) is 0 Å². The molecule has 142 valence electrons. The SMILES string of the molecule is COC=C(C(=O)O)c1ccccc1Oc1cc(Oc2cccnc2Cl)ncn1. The van der Waals surface area contributed by atoms with Gasteiger partial charge in [-0.1, -0.05) is 29.8 Å². The van der Waals surface area contributed by atoms with E-state index in [-0.39, 0.29) is 28.2 Å². The molecule has 0 aliphatic rings. The molecule has 1 N–H and O–H groups in total. The number of rotatable bonds is 7. The molecule has 2 aromatic heterocycles. The summed E-state index contributed by atoms with van der Waals surface area (Å²) in [5.74, 6) is -0.221. The molecule has 0 fully saturated rings. The number of hydrogen-bond acceptors (Lipinski definition) is 7. The van der Waals surface area contributed by atoms with E-state index in [1.807, 2.05) is 0 Å². The number of hydrogen-bond donors (Lipinski definition) is 1. The van der Waals surface area contributed by atoms with Crippen molar-refractivity contribution in [1.82, 2.24) is 15.0 Å². The summed E-state index contributed by atoms with van der Waals surface area (Å²) in [5.41, 5.74) is 0.263. The van der Waals surface area contributed by atoms with Gasteiger partial charge in [0.1, 0.15) is 17.6 Å². The Bertz CT molecular complexity index is 1030. The first-order chi connectivity index (χ1) is 13.6. The van der Waals surface area contributed by atoms with Crippen LogP contribution in [0.5, 0.6) is 23.3 Å². The second kappa shape index (κ2) is 8.83. The lowest BCUT2D eigenvalue weighted by Gasteiger charge is -2.11. The first-order valence-electron chi connectivity index (χ1n) is 7.92. The lowest BCUT2D eigenvalue weighted by atomic mass is 10.1. The number of carboxylic acids is 1. The molecule has 0 radical (unpaired) electrons. The highest BCUT2D eigenvalue weighted by Crippen LogP contribution is 2.32. The van der Waals surface area contributed by atoms with Crippen molar-refractivity contribution >= 4 is 23.1 Å². The molecule has 0 amide bonds. The van der Waals surface area contributed by atoms with E-state index in [1.54, 1.807) is 36.4 Å². The average molecular weight is 400 g/mol. The lowest BCUT2D eigenvalue weighted by molar-refractivity contribution is -0.130. The third kappa shape index (κ3) is 4.54. The molecular formula is C19H14ClN3O5. The van der Waals surface area contributed by atoms with E-state index in [1.165, 1.54) is 25.7 Å². The third-order valence-electron chi connectivity index (χ3n) is 3.41. The maximum absolute atomic E-state index is 11.5. The van der Waals surface area contributed by atoms with Crippen molar-refractivity contribution in [2.75, 3.05) is 7.11 Å². The molecule has 1 aromatic carbocycles. The van der Waals surface area contributed by atoms with Crippen molar-refractivity contribution in [3.05, 3.63) is 72.0 Å². The van der Waals surface area contributed by atoms with Gasteiger partial charge in [-0.2, -0.15) is 0 Å². The highest BCUT2D eigenvalue weighted by atomic mass is 35.5. The maximum Gasteiger partial charge on any atom is 0.339 e. The summed E-state index contributed by atoms with van der Waals surface area (Å²) >= 11 is 5.97. The second-order valence-corrected chi connectivity index (χ2v) is 5.62. The van der Waals surface area contributed by atoms with Gasteiger partial charge in [0, 0.05) is 11.8 Å². The Labute approximate surface area is 165 Å². The molecule has 28 heavy (non-hydrogen) atoms. The predicted octanol–water partition coefficient (Wildman–Crippen LogP) is 4.18. The Morgan fingerprint density at radius 3 is 2.39 bits per heavy atom. The lowest BCUT2D eigenvalue weighted by Crippen LogP contribution is -2.02. The first kappa shape index (κ1) is 19.1. The highest BCUT2D eigenvalue weighted by molar-refractivity contribution is 6.30. The molecule has 0 unspecified atom stereocenters. The zero-order valence-corrected chi connectivity index (χ0v) is 15.3. The van der Waals surface area contributed by atoms with Crippen LogP contribution in [0.3, 0.4) is 0 Å². The largest absolute Gasteiger partial charge is 0.503 e. The fourth-order valence-electron chi connectivity index (χ4n) is 2.23. The van der Waals surface area contributed by atoms with Gasteiger partial charge in [-0.15, -0.1) is 0 Å². The maximum atomic E-state index is 11.5. The van der Waals surface area contributed by atoms with E-state index in [2.05, 4.69) is 15.0 Å². The fraction of sp³-hybridized carbons (Fsp3) is 0.0526. The molecule has 0 aliphatic carbocycles. The van der Waals surface area contributed by atoms with Gasteiger partial charge in [0.05, 0.1) is 19.4 Å². The van der Waals surface area contributed by atoms with E-state index in [4.69, 9.17) is 25.8 Å². The summed E-state index contributed by atoms with van der Waals surface area (Å²) in [5, 5.41) is 9.60. The Kier molecular flexibility index (Phi) is 6.03. The number of ether oxygens (including phenoxy) is 3. The Hall–Kier alpha value is -3.65. The van der Waals surface area contributed by atoms with Gasteiger partial charge in [0.2, 0.25) is 11.8 Å². The topological polar surface area (TPSA) is 104 Å². The normalized spacial score (nSPS) is 11.0. The molecule has 0 aliphatic heterocycles. The Morgan fingerprint density at radius 2 is 1.71 bits per heavy atom. The van der Waals surface area contributed by atoms with Gasteiger partial charge in [0.15, 0.2) is 10.9 Å². The minimum atomic E-state index is -1.16. The van der Waals surface area contributed by atoms with Gasteiger partial charge >= 0.3 is 5.97 Å². The van der Waals surface area contributed by atoms with Crippen LogP contribution in [0.1, 0.15) is 5.56 Å². The summed E-state index contributed by atoms with van der Waals surface area (Å²) in [6.45, 7) is 0. The van der Waals surface area contributed by atoms with E-state index >= 15 is 0 Å². The summed E-state index contributed by atoms with van der Waals surface area (Å²) in [6, 6.07) is 11.4. The van der Waals surface area contributed by atoms with Crippen LogP contribution in [0.15, 0.2) is 61.3 Å². The van der Waals surface area contributed by atoms with Crippen molar-refractivity contribution < 1.29 is 24.1 Å². The smallest absolute Gasteiger partial charge is 0.339 e. The van der Waals surface area contributed by atoms with Gasteiger partial charge in [-0.3, -0.25) is 0 Å². The molecule has 0 atom stereocenters. The molecular weight excluding hydrogens is 386 g/mol. The number of benzene rings is 1. The highest BCUT2D eigenvalue weighted by Gasteiger charge is 2.17. The van der Waals surface area contributed by atoms with Crippen molar-refractivity contribution in [3.63, 3.8) is 0 Å². The first-order valence-corrected chi connectivity index (χ1v) is 8.30. The van der Waals surface area contributed by atoms with Gasteiger partial charge < -0.3 is 19.3 Å². The molecule has 3 rings (SSSR count). The number of halogens is 1. The number of aliphatic carboxylic acids is 1. The quantitative estimate of drug-likeness (QED) is 0.358. The van der Waals surface area contributed by atoms with Gasteiger partial charge in [-0.05, 0) is 18.2 Å². The van der Waals surface area contributed by atoms with Crippen molar-refractivity contribution in [3.8, 4) is 23.3 Å². The monoisotopic (exact) mass is 399 g/mol. The van der Waals surface area contributed by atoms with Crippen LogP contribution in [0.4, 0.5) is 0 Å². The van der Waals surface area contributed by atoms with Crippen LogP contribution in [0, 0.1) is 0 Å². The zero-order chi connectivity index (χ0) is 19.9. The number of methoxy groups -OCH3 is 1. The number of nitrogens with zero attached hydrogens (tertiary/aromatic N) is 3. The van der Waals surface area contributed by atoms with E-state index in [9.17, 15) is 9.90 Å². The number of aromatic nitrogens is 3. The van der Waals surface area contributed by atoms with Crippen LogP contribution in [-0.4, -0.2) is 33.1 Å². The number of pyridine rings is 1. The van der Waals surface area contributed by atoms with E-state index in [0.717, 1.165) is 6.26 Å². The molecule has 2 heterocycles. The minimum Gasteiger partial charge on any atom is -0.503 e. The zero-order valence-electron chi connectivity index (χ0n) is 14.6. The Balaban J connectivity index is 1.88. The standard InChI is InChI=1S/C19H14ClN3O5/c1-26-10-13(19(24)25)12-5-2-3-6-14(12)27-16-9-17(23-11-22-16)28-15-7-4-8-21-18(15)20/h2-11H,1H3,(H,24,25). The van der Waals surface area contributed by atoms with Crippen molar-refractivity contribution in [1.29, 1.82) is 0 Å². The molecule has 0 spiro atoms. The molecule has 0 saturated carbocycles. The van der Waals surface area contributed by atoms with Crippen LogP contribution in [0.2, 0.25) is 5.15 Å². The number of carbonyl (C=O) groups is 1. The van der Waals surface area contributed by atoms with Crippen LogP contribution in [-0.2, 0) is 9.53 Å². The molecule has 0 bridgehead atoms. The van der Waals surface area contributed by atoms with Crippen LogP contribution < -0.4 is 9.47 Å². The van der Waals surface area contributed by atoms with Gasteiger partial charge in [0.25, 0.3) is 0 Å². The van der Waals surface area contributed by atoms with E-state index < -0.39 is 5.97 Å². The average Bonchev–Trinajstić information content (AvgIpc) is 2.69. The van der Waals surface area contributed by atoms with Gasteiger partial charge in [-0.25, -0.2) is 19.7 Å². The summed E-state index contributed by atoms with van der Waals surface area (Å²) < 4.78 is 16.2. The molecule has 8 nitrogen and oxygen atoms in total. The van der Waals surface area contributed by atoms with Crippen molar-refractivity contribution in [2.24, 2.45) is 0 Å². The number of carboxylic acid groups (broad SMARTS) is 1. The van der Waals surface area contributed by atoms with Crippen LogP contribution >= 0.6 is 11.6 Å². The summed E-state index contributed by atoms with van der Waals surface area (Å²) in [4.78, 5) is 23.5. The summed E-state index contributed by atoms with van der Waals surface area (Å²) in [7, 11) is 1.37. The van der Waals surface area contributed by atoms with Crippen LogP contribution in [0.25, 0.3) is 5.57 Å². The fourth-order valence-corrected chi connectivity index (χ4v) is 2.39. The molecule has 3 aromatic rings. The number of para-hydroxylation sites is 1. The third-order valence-corrected chi connectivity index (χ3v) is 3.70. The molecule has 9 heteroatoms. The summed E-state index contributed by atoms with van der Waals surface area (Å²) in [6.07, 6.45) is 3.91. The molecule has 0 saturated heterocycles.